The summed E-state index contributed by atoms with van der Waals surface area (Å²) in [6.45, 7) is 1.83. The van der Waals surface area contributed by atoms with E-state index in [0.29, 0.717) is 11.9 Å². The summed E-state index contributed by atoms with van der Waals surface area (Å²) in [5.41, 5.74) is 0. The third-order valence-electron chi connectivity index (χ3n) is 1.62. The van der Waals surface area contributed by atoms with E-state index in [-0.39, 0.29) is 0 Å². The molecule has 0 aromatic carbocycles. The maximum atomic E-state index is 7.20. The van der Waals surface area contributed by atoms with Crippen LogP contribution in [0, 0.1) is 5.41 Å². The third-order valence-corrected chi connectivity index (χ3v) is 1.62. The summed E-state index contributed by atoms with van der Waals surface area (Å²) in [4.78, 5) is 2.03. The molecule has 0 amide bonds. The highest BCUT2D eigenvalue weighted by atomic mass is 15.2. The molecule has 0 atom stereocenters. The molecule has 1 saturated carbocycles. The second-order valence-corrected chi connectivity index (χ2v) is 2.43. The van der Waals surface area contributed by atoms with Gasteiger partial charge in [0.15, 0.2) is 0 Å². The average molecular weight is 112 g/mol. The van der Waals surface area contributed by atoms with Crippen molar-refractivity contribution in [1.29, 1.82) is 5.41 Å². The molecule has 2 heteroatoms. The fraction of sp³-hybridized carbons (Fsp3) is 0.833. The molecule has 0 unspecified atom stereocenters. The Hall–Kier alpha value is -0.530. The highest BCUT2D eigenvalue weighted by Gasteiger charge is 2.25. The summed E-state index contributed by atoms with van der Waals surface area (Å²) < 4.78 is 0. The van der Waals surface area contributed by atoms with E-state index in [1.165, 1.54) is 12.8 Å². The first kappa shape index (κ1) is 5.60. The van der Waals surface area contributed by atoms with Gasteiger partial charge in [0.2, 0.25) is 0 Å². The van der Waals surface area contributed by atoms with Crippen LogP contribution in [0.15, 0.2) is 0 Å². The van der Waals surface area contributed by atoms with E-state index in [0.717, 1.165) is 0 Å². The molecule has 0 spiro atoms. The summed E-state index contributed by atoms with van der Waals surface area (Å²) in [7, 11) is 1.99. The minimum atomic E-state index is 0.688. The lowest BCUT2D eigenvalue weighted by atomic mass is 10.5. The summed E-state index contributed by atoms with van der Waals surface area (Å²) in [6.07, 6.45) is 2.57. The smallest absolute Gasteiger partial charge is 0.0925 e. The molecule has 8 heavy (non-hydrogen) atoms. The van der Waals surface area contributed by atoms with Gasteiger partial charge in [0.25, 0.3) is 0 Å². The van der Waals surface area contributed by atoms with Crippen molar-refractivity contribution in [2.24, 2.45) is 0 Å². The SMILES string of the molecule is CC(=N)N(C)C1CC1. The lowest BCUT2D eigenvalue weighted by Gasteiger charge is -2.14. The van der Waals surface area contributed by atoms with Crippen LogP contribution in [0.1, 0.15) is 19.8 Å². The third kappa shape index (κ3) is 0.997. The Morgan fingerprint density at radius 2 is 2.12 bits per heavy atom. The zero-order chi connectivity index (χ0) is 6.15. The first-order valence-electron chi connectivity index (χ1n) is 3.00. The highest BCUT2D eigenvalue weighted by molar-refractivity contribution is 5.76. The maximum absolute atomic E-state index is 7.20. The lowest BCUT2D eigenvalue weighted by Crippen LogP contribution is -2.25. The molecule has 0 saturated heterocycles. The summed E-state index contributed by atoms with van der Waals surface area (Å²) in [5, 5.41) is 7.20. The topological polar surface area (TPSA) is 27.1 Å². The first-order chi connectivity index (χ1) is 3.72. The van der Waals surface area contributed by atoms with E-state index >= 15 is 0 Å². The van der Waals surface area contributed by atoms with Crippen molar-refractivity contribution in [1.82, 2.24) is 4.90 Å². The largest absolute Gasteiger partial charge is 0.361 e. The molecule has 0 aromatic heterocycles. The van der Waals surface area contributed by atoms with Crippen LogP contribution in [0.4, 0.5) is 0 Å². The number of hydrogen-bond acceptors (Lipinski definition) is 1. The molecule has 46 valence electrons. The molecule has 1 fully saturated rings. The number of nitrogens with zero attached hydrogens (tertiary/aromatic N) is 1. The number of hydrogen-bond donors (Lipinski definition) is 1. The van der Waals surface area contributed by atoms with E-state index in [1.54, 1.807) is 0 Å². The van der Waals surface area contributed by atoms with Gasteiger partial charge in [-0.2, -0.15) is 0 Å². The Balaban J connectivity index is 2.32. The van der Waals surface area contributed by atoms with Crippen molar-refractivity contribution in [3.8, 4) is 0 Å². The lowest BCUT2D eigenvalue weighted by molar-refractivity contribution is 0.489. The predicted molar refractivity (Wildman–Crippen MR) is 34.2 cm³/mol. The van der Waals surface area contributed by atoms with Crippen LogP contribution in [0.25, 0.3) is 0 Å². The quantitative estimate of drug-likeness (QED) is 0.399. The molecular weight excluding hydrogens is 100 g/mol. The van der Waals surface area contributed by atoms with Crippen molar-refractivity contribution in [3.05, 3.63) is 0 Å². The molecule has 0 bridgehead atoms. The highest BCUT2D eigenvalue weighted by Crippen LogP contribution is 2.24. The molecule has 0 aliphatic heterocycles. The van der Waals surface area contributed by atoms with Crippen LogP contribution in [0.5, 0.6) is 0 Å². The Morgan fingerprint density at radius 3 is 2.25 bits per heavy atom. The molecule has 1 aliphatic carbocycles. The van der Waals surface area contributed by atoms with Crippen LogP contribution in [0.3, 0.4) is 0 Å². The van der Waals surface area contributed by atoms with E-state index < -0.39 is 0 Å². The molecule has 1 rings (SSSR count). The second kappa shape index (κ2) is 1.77. The average Bonchev–Trinajstić information content (AvgIpc) is 2.43. The van der Waals surface area contributed by atoms with Crippen LogP contribution in [-0.4, -0.2) is 23.8 Å². The molecule has 0 aromatic rings. The molecule has 0 heterocycles. The normalized spacial score (nSPS) is 18.2. The summed E-state index contributed by atoms with van der Waals surface area (Å²) >= 11 is 0. The van der Waals surface area contributed by atoms with Crippen molar-refractivity contribution in [2.75, 3.05) is 7.05 Å². The van der Waals surface area contributed by atoms with E-state index in [2.05, 4.69) is 0 Å². The number of rotatable bonds is 1. The standard InChI is InChI=1S/C6H12N2/c1-5(7)8(2)6-3-4-6/h6-7H,3-4H2,1-2H3. The van der Waals surface area contributed by atoms with E-state index in [4.69, 9.17) is 5.41 Å². The maximum Gasteiger partial charge on any atom is 0.0925 e. The number of amidine groups is 1. The van der Waals surface area contributed by atoms with Gasteiger partial charge in [0.05, 0.1) is 5.84 Å². The van der Waals surface area contributed by atoms with Gasteiger partial charge < -0.3 is 4.90 Å². The van der Waals surface area contributed by atoms with Gasteiger partial charge in [-0.3, -0.25) is 5.41 Å². The van der Waals surface area contributed by atoms with Crippen LogP contribution in [0.2, 0.25) is 0 Å². The first-order valence-corrected chi connectivity index (χ1v) is 3.00. The molecule has 0 radical (unpaired) electrons. The van der Waals surface area contributed by atoms with Crippen LogP contribution < -0.4 is 0 Å². The summed E-state index contributed by atoms with van der Waals surface area (Å²) in [6, 6.07) is 0.701. The molecule has 2 nitrogen and oxygen atoms in total. The van der Waals surface area contributed by atoms with Gasteiger partial charge in [-0.1, -0.05) is 0 Å². The van der Waals surface area contributed by atoms with E-state index in [1.807, 2.05) is 18.9 Å². The Kier molecular flexibility index (Phi) is 1.24. The second-order valence-electron chi connectivity index (χ2n) is 2.43. The van der Waals surface area contributed by atoms with Gasteiger partial charge in [-0.15, -0.1) is 0 Å². The van der Waals surface area contributed by atoms with E-state index in [9.17, 15) is 0 Å². The molecule has 1 aliphatic rings. The van der Waals surface area contributed by atoms with Gasteiger partial charge >= 0.3 is 0 Å². The van der Waals surface area contributed by atoms with Crippen molar-refractivity contribution >= 4 is 5.84 Å². The molecular formula is C6H12N2. The minimum absolute atomic E-state index is 0.688. The Labute approximate surface area is 50.0 Å². The zero-order valence-corrected chi connectivity index (χ0v) is 5.44. The summed E-state index contributed by atoms with van der Waals surface area (Å²) in [5.74, 6) is 0.688. The van der Waals surface area contributed by atoms with Crippen molar-refractivity contribution < 1.29 is 0 Å². The Bertz CT molecular complexity index is 105. The van der Waals surface area contributed by atoms with Gasteiger partial charge in [-0.05, 0) is 19.8 Å². The number of nitrogens with one attached hydrogen (secondary N) is 1. The fourth-order valence-corrected chi connectivity index (χ4v) is 0.736. The van der Waals surface area contributed by atoms with Gasteiger partial charge in [0.1, 0.15) is 0 Å². The zero-order valence-electron chi connectivity index (χ0n) is 5.44. The van der Waals surface area contributed by atoms with Gasteiger partial charge in [0, 0.05) is 13.1 Å². The monoisotopic (exact) mass is 112 g/mol. The fourth-order valence-electron chi connectivity index (χ4n) is 0.736. The molecule has 1 N–H and O–H groups in total. The van der Waals surface area contributed by atoms with Crippen LogP contribution >= 0.6 is 0 Å². The van der Waals surface area contributed by atoms with Crippen molar-refractivity contribution in [3.63, 3.8) is 0 Å². The van der Waals surface area contributed by atoms with Crippen molar-refractivity contribution in [2.45, 2.75) is 25.8 Å². The predicted octanol–water partition coefficient (Wildman–Crippen LogP) is 1.08. The minimum Gasteiger partial charge on any atom is -0.361 e. The van der Waals surface area contributed by atoms with Crippen LogP contribution in [-0.2, 0) is 0 Å². The Morgan fingerprint density at radius 1 is 1.62 bits per heavy atom. The van der Waals surface area contributed by atoms with Gasteiger partial charge in [-0.25, -0.2) is 0 Å².